The van der Waals surface area contributed by atoms with Gasteiger partial charge in [-0.15, -0.1) is 0 Å². The summed E-state index contributed by atoms with van der Waals surface area (Å²) in [7, 11) is 3.52. The van der Waals surface area contributed by atoms with Gasteiger partial charge in [-0.05, 0) is 186 Å². The molecule has 0 aromatic heterocycles. The van der Waals surface area contributed by atoms with Crippen molar-refractivity contribution in [2.45, 2.75) is 353 Å². The van der Waals surface area contributed by atoms with Crippen molar-refractivity contribution in [3.05, 3.63) is 0 Å². The van der Waals surface area contributed by atoms with Gasteiger partial charge in [0.25, 0.3) is 0 Å². The molecule has 6 N–H and O–H groups in total. The number of ether oxygens (including phenoxy) is 18. The van der Waals surface area contributed by atoms with Crippen LogP contribution in [0.15, 0.2) is 0 Å². The van der Waals surface area contributed by atoms with Crippen molar-refractivity contribution < 1.29 is 114 Å². The average molecular weight is 1740 g/mol. The lowest BCUT2D eigenvalue weighted by atomic mass is 9.88. The molecule has 3 amide bonds. The number of unbranched alkanes of at least 4 members (excludes halogenated alkanes) is 3. The molecular weight excluding hydrogens is 1560 g/mol. The minimum atomic E-state index is -0.502. The van der Waals surface area contributed by atoms with Crippen molar-refractivity contribution >= 4 is 35.1 Å². The van der Waals surface area contributed by atoms with E-state index in [0.29, 0.717) is 267 Å². The number of hydrogen-bond acceptors (Lipinski definition) is 26. The minimum Gasteiger partial charge on any atom is -0.378 e. The molecule has 0 bridgehead atoms. The molecule has 0 rings (SSSR count). The largest absolute Gasteiger partial charge is 0.378 e. The van der Waals surface area contributed by atoms with E-state index in [1.165, 1.54) is 0 Å². The van der Waals surface area contributed by atoms with E-state index in [2.05, 4.69) is 55.9 Å². The molecular formula is C92H179N5O24. The maximum Gasteiger partial charge on any atom is 0.221 e. The zero-order valence-corrected chi connectivity index (χ0v) is 80.3. The zero-order chi connectivity index (χ0) is 91.0. The molecule has 0 aliphatic rings. The van der Waals surface area contributed by atoms with Crippen LogP contribution in [-0.4, -0.2) is 299 Å². The van der Waals surface area contributed by atoms with E-state index in [9.17, 15) is 28.8 Å². The number of nitrogens with two attached hydrogens (primary N) is 1. The maximum absolute atomic E-state index is 13.1. The van der Waals surface area contributed by atoms with Crippen molar-refractivity contribution in [1.29, 1.82) is 0 Å². The highest BCUT2D eigenvalue weighted by molar-refractivity contribution is 5.80. The first kappa shape index (κ1) is 118. The van der Waals surface area contributed by atoms with Gasteiger partial charge < -0.3 is 112 Å². The maximum atomic E-state index is 13.1. The molecule has 0 aliphatic heterocycles. The summed E-state index contributed by atoms with van der Waals surface area (Å²) in [4.78, 5) is 75.9. The molecule has 0 aliphatic carbocycles. The molecule has 0 fully saturated rings. The van der Waals surface area contributed by atoms with Crippen LogP contribution in [0.3, 0.4) is 0 Å². The van der Waals surface area contributed by atoms with Gasteiger partial charge in [0, 0.05) is 100 Å². The van der Waals surface area contributed by atoms with Gasteiger partial charge in [-0.1, -0.05) is 48.5 Å². The first-order valence-corrected chi connectivity index (χ1v) is 46.0. The van der Waals surface area contributed by atoms with Crippen LogP contribution in [0.2, 0.25) is 0 Å². The van der Waals surface area contributed by atoms with Gasteiger partial charge in [-0.25, -0.2) is 0 Å². The van der Waals surface area contributed by atoms with Gasteiger partial charge in [-0.2, -0.15) is 0 Å². The first-order valence-electron chi connectivity index (χ1n) is 46.0. The van der Waals surface area contributed by atoms with E-state index in [1.54, 1.807) is 14.0 Å². The molecule has 20 unspecified atom stereocenters. The summed E-state index contributed by atoms with van der Waals surface area (Å²) in [5.74, 6) is 0.732. The van der Waals surface area contributed by atoms with Gasteiger partial charge >= 0.3 is 0 Å². The smallest absolute Gasteiger partial charge is 0.221 e. The number of carbonyl (C=O) groups is 6. The molecule has 0 aromatic rings. The Bertz CT molecular complexity index is 2570. The Balaban J connectivity index is 4.92. The third-order valence-corrected chi connectivity index (χ3v) is 20.3. The van der Waals surface area contributed by atoms with E-state index in [-0.39, 0.29) is 138 Å². The number of amides is 3. The van der Waals surface area contributed by atoms with Crippen LogP contribution in [0.5, 0.6) is 0 Å². The van der Waals surface area contributed by atoms with Crippen molar-refractivity contribution in [2.24, 2.45) is 40.2 Å². The van der Waals surface area contributed by atoms with Crippen LogP contribution >= 0.6 is 0 Å². The molecule has 20 atom stereocenters. The molecule has 0 spiro atoms. The first-order chi connectivity index (χ1) is 57.3. The highest BCUT2D eigenvalue weighted by Crippen LogP contribution is 2.28. The predicted molar refractivity (Wildman–Crippen MR) is 474 cm³/mol. The molecule has 0 heterocycles. The lowest BCUT2D eigenvalue weighted by Crippen LogP contribution is -2.40. The summed E-state index contributed by atoms with van der Waals surface area (Å²) in [6, 6.07) is -0.115. The summed E-state index contributed by atoms with van der Waals surface area (Å²) in [6.45, 7) is 53.4. The standard InChI is InChI=1S/C92H179N5O24/c1-25-91(63-107-52-76(14)114-46-70(8)93,61-105-50-74(12)113-45-69(7)41-87(100)35-29-32-38-90(103)97-84(22)121-59-83(21)120-58-82(20)119-57-81(19)118-56-80(18)117-55-79(17)110-42-66(3)4)60-104-49-73(11)112-44-68(6)40-86(99)34-28-31-37-89(102)96-72(10)48-116-78(16)54-109-65-92(26-2,64-108-53-77(15)115-47-71(9)94-23)62-106-51-75(13)111-43-67(5)39-85(98)33-27-30-36-88(101)95-24/h66-84,94H,25-65,93H2,1-24H3,(H,95,101)(H,96,102)(H,97,103). The fourth-order valence-electron chi connectivity index (χ4n) is 12.2. The Labute approximate surface area is 733 Å². The van der Waals surface area contributed by atoms with Crippen molar-refractivity contribution in [2.75, 3.05) is 173 Å². The Morgan fingerprint density at radius 3 is 0.818 bits per heavy atom. The number of likely N-dealkylation sites (N-methyl/N-ethyl adjacent to an activating group) is 1. The Morgan fingerprint density at radius 1 is 0.281 bits per heavy atom. The summed E-state index contributed by atoms with van der Waals surface area (Å²) >= 11 is 0. The van der Waals surface area contributed by atoms with Crippen LogP contribution in [0.4, 0.5) is 0 Å². The minimum absolute atomic E-state index is 0.000644. The molecule has 0 saturated carbocycles. The van der Waals surface area contributed by atoms with E-state index < -0.39 is 17.1 Å². The Kier molecular flexibility index (Phi) is 70.5. The number of nitrogens with one attached hydrogen (secondary N) is 4. The van der Waals surface area contributed by atoms with Crippen LogP contribution in [0, 0.1) is 34.5 Å². The molecule has 716 valence electrons. The molecule has 0 aromatic carbocycles. The lowest BCUT2D eigenvalue weighted by molar-refractivity contribution is -0.128. The second kappa shape index (κ2) is 72.5. The number of ketones is 3. The Hall–Kier alpha value is -3.38. The lowest BCUT2D eigenvalue weighted by Gasteiger charge is -2.33. The average Bonchev–Trinajstić information content (AvgIpc) is 0.874. The predicted octanol–water partition coefficient (Wildman–Crippen LogP) is 12.1. The van der Waals surface area contributed by atoms with Crippen molar-refractivity contribution in [1.82, 2.24) is 21.3 Å². The molecule has 0 saturated heterocycles. The molecule has 121 heavy (non-hydrogen) atoms. The number of hydrogen-bond donors (Lipinski definition) is 5. The van der Waals surface area contributed by atoms with Crippen LogP contribution in [0.1, 0.15) is 261 Å². The molecule has 0 radical (unpaired) electrons. The Morgan fingerprint density at radius 2 is 0.529 bits per heavy atom. The van der Waals surface area contributed by atoms with E-state index in [0.717, 1.165) is 6.42 Å². The summed E-state index contributed by atoms with van der Waals surface area (Å²) in [5, 5.41) is 11.7. The monoisotopic (exact) mass is 1740 g/mol. The van der Waals surface area contributed by atoms with E-state index in [1.807, 2.05) is 118 Å². The summed E-state index contributed by atoms with van der Waals surface area (Å²) in [6.07, 6.45) is 6.42. The second-order valence-corrected chi connectivity index (χ2v) is 35.8. The number of carbonyl (C=O) groups excluding carboxylic acids is 6. The molecule has 29 nitrogen and oxygen atoms in total. The van der Waals surface area contributed by atoms with E-state index in [4.69, 9.17) is 91.0 Å². The quantitative estimate of drug-likeness (QED) is 0.0279. The van der Waals surface area contributed by atoms with Crippen molar-refractivity contribution in [3.63, 3.8) is 0 Å². The fraction of sp³-hybridized carbons (Fsp3) is 0.935. The zero-order valence-electron chi connectivity index (χ0n) is 80.3. The van der Waals surface area contributed by atoms with Gasteiger partial charge in [-0.3, -0.25) is 28.8 Å². The van der Waals surface area contributed by atoms with Crippen LogP contribution < -0.4 is 27.0 Å². The van der Waals surface area contributed by atoms with Gasteiger partial charge in [0.15, 0.2) is 0 Å². The fourth-order valence-corrected chi connectivity index (χ4v) is 12.2. The van der Waals surface area contributed by atoms with Crippen LogP contribution in [0.25, 0.3) is 0 Å². The summed E-state index contributed by atoms with van der Waals surface area (Å²) in [5.41, 5.74) is 4.99. The highest BCUT2D eigenvalue weighted by Gasteiger charge is 2.33. The normalized spacial score (nSPS) is 17.6. The molecule has 29 heteroatoms. The SMILES string of the molecule is CCC(COCC(C)OCC(C)N)(COCC(C)OCC(C)CC(=O)CCCCC(=O)NC(C)COC(C)COCC(CC)(COCC(C)OCC(C)CC(=O)CCCCC(=O)NC)COCC(C)OCC(C)NC)COCC(C)OCC(C)CC(=O)CCCCC(=O)NC(C)OCC(C)OCC(C)OCC(C)OCC(C)OCC(C)OCC(C)C. The third-order valence-electron chi connectivity index (χ3n) is 20.3. The number of Topliss-reactive ketones (excluding diaryl/α,β-unsaturated/α-hetero) is 3. The van der Waals surface area contributed by atoms with Gasteiger partial charge in [0.1, 0.15) is 23.6 Å². The number of rotatable bonds is 86. The second-order valence-electron chi connectivity index (χ2n) is 35.8. The third kappa shape index (κ3) is 68.4. The summed E-state index contributed by atoms with van der Waals surface area (Å²) < 4.78 is 110. The topological polar surface area (TPSA) is 343 Å². The van der Waals surface area contributed by atoms with Crippen molar-refractivity contribution in [3.8, 4) is 0 Å². The van der Waals surface area contributed by atoms with Gasteiger partial charge in [0.2, 0.25) is 17.7 Å². The van der Waals surface area contributed by atoms with E-state index >= 15 is 0 Å². The van der Waals surface area contributed by atoms with Crippen LogP contribution in [-0.2, 0) is 114 Å². The van der Waals surface area contributed by atoms with Gasteiger partial charge in [0.05, 0.1) is 219 Å². The highest BCUT2D eigenvalue weighted by atomic mass is 16.6.